The van der Waals surface area contributed by atoms with Crippen LogP contribution in [0.25, 0.3) is 0 Å². The van der Waals surface area contributed by atoms with Crippen LogP contribution in [0.15, 0.2) is 54.9 Å². The Morgan fingerprint density at radius 2 is 1.97 bits per heavy atom. The maximum absolute atomic E-state index is 13.3. The minimum atomic E-state index is -4.64. The monoisotopic (exact) mass is 500 g/mol. The summed E-state index contributed by atoms with van der Waals surface area (Å²) in [5.41, 5.74) is 1.27. The van der Waals surface area contributed by atoms with Gasteiger partial charge in [-0.15, -0.1) is 0 Å². The third-order valence-corrected chi connectivity index (χ3v) is 6.64. The molecule has 2 aromatic carbocycles. The first-order valence-electron chi connectivity index (χ1n) is 11.4. The molecule has 5 rings (SSSR count). The summed E-state index contributed by atoms with van der Waals surface area (Å²) < 4.78 is 45.3. The molecular formula is C25H23F3N4O4. The summed E-state index contributed by atoms with van der Waals surface area (Å²) in [7, 11) is 0. The molecule has 11 heteroatoms. The molecule has 3 aliphatic rings. The Labute approximate surface area is 204 Å². The second-order valence-electron chi connectivity index (χ2n) is 9.14. The molecule has 1 saturated heterocycles. The summed E-state index contributed by atoms with van der Waals surface area (Å²) in [6.45, 7) is 1.94. The fraction of sp³-hybridized carbons (Fsp3) is 0.320. The van der Waals surface area contributed by atoms with Gasteiger partial charge in [0.05, 0.1) is 11.5 Å². The van der Waals surface area contributed by atoms with Gasteiger partial charge in [-0.3, -0.25) is 19.3 Å². The van der Waals surface area contributed by atoms with E-state index < -0.39 is 36.1 Å². The zero-order valence-corrected chi connectivity index (χ0v) is 19.1. The number of nitrogens with zero attached hydrogens (tertiary/aromatic N) is 1. The van der Waals surface area contributed by atoms with Crippen molar-refractivity contribution in [2.45, 2.75) is 37.0 Å². The van der Waals surface area contributed by atoms with Crippen molar-refractivity contribution in [3.63, 3.8) is 0 Å². The van der Waals surface area contributed by atoms with Crippen molar-refractivity contribution in [3.05, 3.63) is 71.6 Å². The summed E-state index contributed by atoms with van der Waals surface area (Å²) in [6.07, 6.45) is -3.18. The lowest BCUT2D eigenvalue weighted by Gasteiger charge is -2.32. The number of halogens is 3. The molecule has 0 saturated carbocycles. The van der Waals surface area contributed by atoms with Crippen LogP contribution < -0.4 is 25.6 Å². The van der Waals surface area contributed by atoms with Crippen LogP contribution >= 0.6 is 0 Å². The maximum Gasteiger partial charge on any atom is 0.406 e. The number of nitrogens with one attached hydrogen (secondary N) is 3. The van der Waals surface area contributed by atoms with Crippen molar-refractivity contribution in [3.8, 4) is 5.75 Å². The van der Waals surface area contributed by atoms with E-state index in [0.717, 1.165) is 11.1 Å². The number of hydrogen-bond acceptors (Lipinski definition) is 5. The van der Waals surface area contributed by atoms with Crippen molar-refractivity contribution >= 4 is 23.4 Å². The molecule has 2 aromatic rings. The summed E-state index contributed by atoms with van der Waals surface area (Å²) in [4.78, 5) is 39.1. The van der Waals surface area contributed by atoms with E-state index in [0.29, 0.717) is 30.0 Å². The van der Waals surface area contributed by atoms with Crippen LogP contribution in [0.5, 0.6) is 5.75 Å². The number of ether oxygens (including phenoxy) is 1. The molecular weight excluding hydrogens is 477 g/mol. The molecule has 2 heterocycles. The second kappa shape index (κ2) is 8.58. The van der Waals surface area contributed by atoms with Crippen molar-refractivity contribution in [2.24, 2.45) is 0 Å². The van der Waals surface area contributed by atoms with Gasteiger partial charge in [-0.25, -0.2) is 0 Å². The molecule has 1 unspecified atom stereocenters. The van der Waals surface area contributed by atoms with Crippen molar-refractivity contribution in [1.29, 1.82) is 0 Å². The number of amides is 3. The van der Waals surface area contributed by atoms with Crippen LogP contribution in [0.3, 0.4) is 0 Å². The van der Waals surface area contributed by atoms with Crippen molar-refractivity contribution in [2.75, 3.05) is 18.1 Å². The number of hydrogen-bond donors (Lipinski definition) is 3. The number of aryl methyl sites for hydroxylation is 1. The number of anilines is 1. The lowest BCUT2D eigenvalue weighted by molar-refractivity contribution is -0.133. The smallest absolute Gasteiger partial charge is 0.406 e. The van der Waals surface area contributed by atoms with E-state index in [4.69, 9.17) is 4.74 Å². The Bertz CT molecular complexity index is 1280. The first-order chi connectivity index (χ1) is 17.0. The van der Waals surface area contributed by atoms with E-state index in [9.17, 15) is 27.6 Å². The Morgan fingerprint density at radius 3 is 2.69 bits per heavy atom. The molecule has 0 radical (unpaired) electrons. The molecule has 2 aliphatic heterocycles. The summed E-state index contributed by atoms with van der Waals surface area (Å²) >= 11 is 0. The van der Waals surface area contributed by atoms with Crippen molar-refractivity contribution in [1.82, 2.24) is 16.0 Å². The molecule has 0 bridgehead atoms. The van der Waals surface area contributed by atoms with E-state index in [1.54, 1.807) is 24.3 Å². The highest BCUT2D eigenvalue weighted by molar-refractivity contribution is 6.03. The number of benzene rings is 2. The maximum atomic E-state index is 13.3. The van der Waals surface area contributed by atoms with E-state index in [1.165, 1.54) is 18.2 Å². The molecule has 2 atom stereocenters. The highest BCUT2D eigenvalue weighted by atomic mass is 19.4. The normalized spacial score (nSPS) is 23.2. The quantitative estimate of drug-likeness (QED) is 0.600. The molecule has 36 heavy (non-hydrogen) atoms. The standard InChI is InChI=1S/C25H23F3N4O4/c1-14-29-23(35)24(31-14)9-8-15-10-16(6-7-17(15)11-24)21(33)30-18-12-36-20-5-3-2-4-19(20)32(22(18)34)13-25(26,27)28/h2-7,10,18,31H,1,8-9,11-13H2,(H,29,35)(H,30,33)/t18-,24?/m1/s1. The number of rotatable bonds is 3. The highest BCUT2D eigenvalue weighted by Crippen LogP contribution is 2.34. The number of carbonyl (C=O) groups is 3. The fourth-order valence-electron chi connectivity index (χ4n) is 4.91. The zero-order chi connectivity index (χ0) is 25.7. The van der Waals surface area contributed by atoms with E-state index in [2.05, 4.69) is 22.5 Å². The predicted molar refractivity (Wildman–Crippen MR) is 123 cm³/mol. The lowest BCUT2D eigenvalue weighted by Crippen LogP contribution is -2.52. The third kappa shape index (κ3) is 4.36. The molecule has 3 amide bonds. The molecule has 0 aromatic heterocycles. The minimum Gasteiger partial charge on any atom is -0.489 e. The van der Waals surface area contributed by atoms with Crippen molar-refractivity contribution < 1.29 is 32.3 Å². The van der Waals surface area contributed by atoms with Crippen LogP contribution in [0.1, 0.15) is 27.9 Å². The van der Waals surface area contributed by atoms with E-state index in [-0.39, 0.29) is 29.5 Å². The number of para-hydroxylation sites is 2. The molecule has 3 N–H and O–H groups in total. The largest absolute Gasteiger partial charge is 0.489 e. The van der Waals surface area contributed by atoms with Gasteiger partial charge in [0.15, 0.2) is 0 Å². The Hall–Kier alpha value is -4.02. The van der Waals surface area contributed by atoms with Crippen LogP contribution in [0.2, 0.25) is 0 Å². The van der Waals surface area contributed by atoms with Gasteiger partial charge in [0.25, 0.3) is 17.7 Å². The van der Waals surface area contributed by atoms with Crippen LogP contribution in [0, 0.1) is 0 Å². The van der Waals surface area contributed by atoms with Gasteiger partial charge in [-0.1, -0.05) is 24.8 Å². The van der Waals surface area contributed by atoms with Gasteiger partial charge in [0.1, 0.15) is 30.5 Å². The summed E-state index contributed by atoms with van der Waals surface area (Å²) in [5.74, 6) is -1.08. The van der Waals surface area contributed by atoms with Crippen LogP contribution in [-0.2, 0) is 22.4 Å². The molecule has 1 aliphatic carbocycles. The Morgan fingerprint density at radius 1 is 1.19 bits per heavy atom. The Kier molecular flexibility index (Phi) is 5.65. The third-order valence-electron chi connectivity index (χ3n) is 6.64. The highest BCUT2D eigenvalue weighted by Gasteiger charge is 2.46. The number of carbonyl (C=O) groups excluding carboxylic acids is 3. The number of alkyl halides is 3. The van der Waals surface area contributed by atoms with Gasteiger partial charge in [0, 0.05) is 12.0 Å². The second-order valence-corrected chi connectivity index (χ2v) is 9.14. The average molecular weight is 500 g/mol. The van der Waals surface area contributed by atoms with Crippen LogP contribution in [-0.4, -0.2) is 48.6 Å². The Balaban J connectivity index is 1.34. The molecule has 1 fully saturated rings. The fourth-order valence-corrected chi connectivity index (χ4v) is 4.91. The summed E-state index contributed by atoms with van der Waals surface area (Å²) in [6, 6.07) is 9.63. The van der Waals surface area contributed by atoms with Gasteiger partial charge < -0.3 is 20.7 Å². The summed E-state index contributed by atoms with van der Waals surface area (Å²) in [5, 5.41) is 8.34. The first-order valence-corrected chi connectivity index (χ1v) is 11.4. The predicted octanol–water partition coefficient (Wildman–Crippen LogP) is 2.19. The SMILES string of the molecule is C=C1NC(=O)C2(CCc3cc(C(=O)N[C@@H]4COc5ccccc5N(CC(F)(F)F)C4=O)ccc3C2)N1. The van der Waals surface area contributed by atoms with E-state index >= 15 is 0 Å². The zero-order valence-electron chi connectivity index (χ0n) is 19.1. The topological polar surface area (TPSA) is 99.8 Å². The van der Waals surface area contributed by atoms with Crippen LogP contribution in [0.4, 0.5) is 18.9 Å². The lowest BCUT2D eigenvalue weighted by atomic mass is 9.77. The molecule has 1 spiro atoms. The van der Waals surface area contributed by atoms with Gasteiger partial charge in [-0.2, -0.15) is 13.2 Å². The average Bonchev–Trinajstić information content (AvgIpc) is 3.03. The van der Waals surface area contributed by atoms with Gasteiger partial charge in [-0.05, 0) is 48.2 Å². The van der Waals surface area contributed by atoms with Gasteiger partial charge >= 0.3 is 6.18 Å². The molecule has 188 valence electrons. The number of fused-ring (bicyclic) bond motifs is 2. The molecule has 8 nitrogen and oxygen atoms in total. The minimum absolute atomic E-state index is 0.00785. The first kappa shape index (κ1) is 23.7. The van der Waals surface area contributed by atoms with E-state index in [1.807, 2.05) is 0 Å². The van der Waals surface area contributed by atoms with Gasteiger partial charge in [0.2, 0.25) is 0 Å².